The molecule has 1 aromatic heterocycles. The van der Waals surface area contributed by atoms with E-state index in [1.165, 1.54) is 99.1 Å². The van der Waals surface area contributed by atoms with Crippen molar-refractivity contribution in [2.24, 2.45) is 0 Å². The number of nitrogens with zero attached hydrogens (tertiary/aromatic N) is 2. The minimum absolute atomic E-state index is 1.09. The molecule has 12 aromatic carbocycles. The standard InChI is InChI=1S/C68H46N2/c1-3-19-57-49(15-1)17-13-26-58(57)51-37-43-55(44-38-51)69(56-45-39-52(40-46-56)60-21-5-6-23-62(60)63-27-14-18-50-16-2-4-20-59(50)63)54-41-35-48(36-42-54)47-31-33-53(34-32-47)61-22-7-10-28-66(61)70-67-29-11-8-24-64(67)65-25-9-12-30-68(65)70/h1-46H. The highest BCUT2D eigenvalue weighted by atomic mass is 15.1. The lowest BCUT2D eigenvalue weighted by atomic mass is 9.91. The highest BCUT2D eigenvalue weighted by molar-refractivity contribution is 6.10. The maximum Gasteiger partial charge on any atom is 0.0541 e. The van der Waals surface area contributed by atoms with Gasteiger partial charge in [-0.2, -0.15) is 0 Å². The number of rotatable bonds is 9. The van der Waals surface area contributed by atoms with E-state index in [1.807, 2.05) is 0 Å². The van der Waals surface area contributed by atoms with E-state index in [0.29, 0.717) is 0 Å². The predicted octanol–water partition coefficient (Wildman–Crippen LogP) is 18.9. The third kappa shape index (κ3) is 7.22. The maximum atomic E-state index is 2.41. The van der Waals surface area contributed by atoms with Crippen LogP contribution in [-0.2, 0) is 0 Å². The maximum absolute atomic E-state index is 2.41. The quantitative estimate of drug-likeness (QED) is 0.140. The van der Waals surface area contributed by atoms with Gasteiger partial charge in [-0.05, 0) is 126 Å². The molecular formula is C68H46N2. The van der Waals surface area contributed by atoms with Crippen LogP contribution in [0, 0.1) is 0 Å². The number of para-hydroxylation sites is 3. The minimum Gasteiger partial charge on any atom is -0.311 e. The van der Waals surface area contributed by atoms with Crippen molar-refractivity contribution in [2.45, 2.75) is 0 Å². The van der Waals surface area contributed by atoms with Crippen molar-refractivity contribution in [3.8, 4) is 61.3 Å². The van der Waals surface area contributed by atoms with Crippen LogP contribution < -0.4 is 4.90 Å². The Morgan fingerprint density at radius 3 is 1.13 bits per heavy atom. The van der Waals surface area contributed by atoms with Gasteiger partial charge in [0.05, 0.1) is 16.7 Å². The zero-order valence-electron chi connectivity index (χ0n) is 38.5. The number of fused-ring (bicyclic) bond motifs is 5. The Kier molecular flexibility index (Phi) is 10.2. The molecule has 0 bridgehead atoms. The minimum atomic E-state index is 1.09. The summed E-state index contributed by atoms with van der Waals surface area (Å²) in [6.45, 7) is 0. The Hall–Kier alpha value is -9.24. The largest absolute Gasteiger partial charge is 0.311 e. The first kappa shape index (κ1) is 41.0. The van der Waals surface area contributed by atoms with E-state index in [2.05, 4.69) is 289 Å². The average Bonchev–Trinajstić information content (AvgIpc) is 3.78. The first-order valence-corrected chi connectivity index (χ1v) is 24.1. The van der Waals surface area contributed by atoms with Crippen molar-refractivity contribution in [3.05, 3.63) is 279 Å². The fraction of sp³-hybridized carbons (Fsp3) is 0. The second kappa shape index (κ2) is 17.4. The summed E-state index contributed by atoms with van der Waals surface area (Å²) in [5, 5.41) is 7.52. The molecule has 2 heteroatoms. The molecule has 0 unspecified atom stereocenters. The molecule has 2 nitrogen and oxygen atoms in total. The van der Waals surface area contributed by atoms with E-state index in [4.69, 9.17) is 0 Å². The number of benzene rings is 12. The van der Waals surface area contributed by atoms with Crippen LogP contribution in [0.5, 0.6) is 0 Å². The lowest BCUT2D eigenvalue weighted by Gasteiger charge is -2.26. The van der Waals surface area contributed by atoms with Gasteiger partial charge in [0.2, 0.25) is 0 Å². The van der Waals surface area contributed by atoms with Gasteiger partial charge in [0.15, 0.2) is 0 Å². The smallest absolute Gasteiger partial charge is 0.0541 e. The second-order valence-corrected chi connectivity index (χ2v) is 18.0. The van der Waals surface area contributed by atoms with Crippen molar-refractivity contribution in [1.29, 1.82) is 0 Å². The molecule has 0 radical (unpaired) electrons. The Morgan fingerprint density at radius 2 is 0.557 bits per heavy atom. The fourth-order valence-corrected chi connectivity index (χ4v) is 10.7. The van der Waals surface area contributed by atoms with E-state index in [0.717, 1.165) is 22.6 Å². The SMILES string of the molecule is c1ccc(-c2cccc3ccccc23)c(-c2ccc(N(c3ccc(-c4ccc(-c5ccccc5-n5c6ccccc6c6ccccc65)cc4)cc3)c3ccc(-c4cccc5ccccc45)cc3)cc2)c1. The molecule has 328 valence electrons. The van der Waals surface area contributed by atoms with Crippen molar-refractivity contribution in [3.63, 3.8) is 0 Å². The molecule has 13 rings (SSSR count). The molecule has 13 aromatic rings. The Morgan fingerprint density at radius 1 is 0.214 bits per heavy atom. The van der Waals surface area contributed by atoms with Crippen LogP contribution >= 0.6 is 0 Å². The number of aromatic nitrogens is 1. The molecule has 0 aliphatic rings. The summed E-state index contributed by atoms with van der Waals surface area (Å²) in [7, 11) is 0. The highest BCUT2D eigenvalue weighted by Crippen LogP contribution is 2.42. The summed E-state index contributed by atoms with van der Waals surface area (Å²) in [6, 6.07) is 102. The van der Waals surface area contributed by atoms with E-state index in [-0.39, 0.29) is 0 Å². The summed E-state index contributed by atoms with van der Waals surface area (Å²) in [5.74, 6) is 0. The van der Waals surface area contributed by atoms with Gasteiger partial charge in [0.1, 0.15) is 0 Å². The van der Waals surface area contributed by atoms with Crippen LogP contribution in [0.25, 0.3) is 105 Å². The molecular weight excluding hydrogens is 845 g/mol. The van der Waals surface area contributed by atoms with Crippen LogP contribution in [0.4, 0.5) is 17.1 Å². The Balaban J connectivity index is 0.852. The van der Waals surface area contributed by atoms with Crippen molar-refractivity contribution in [1.82, 2.24) is 4.57 Å². The van der Waals surface area contributed by atoms with Gasteiger partial charge in [-0.3, -0.25) is 0 Å². The van der Waals surface area contributed by atoms with Crippen molar-refractivity contribution < 1.29 is 0 Å². The van der Waals surface area contributed by atoms with Gasteiger partial charge in [-0.1, -0.05) is 224 Å². The van der Waals surface area contributed by atoms with E-state index in [9.17, 15) is 0 Å². The van der Waals surface area contributed by atoms with E-state index < -0.39 is 0 Å². The molecule has 70 heavy (non-hydrogen) atoms. The second-order valence-electron chi connectivity index (χ2n) is 18.0. The predicted molar refractivity (Wildman–Crippen MR) is 298 cm³/mol. The lowest BCUT2D eigenvalue weighted by molar-refractivity contribution is 1.18. The van der Waals surface area contributed by atoms with Crippen LogP contribution in [0.15, 0.2) is 279 Å². The average molecular weight is 891 g/mol. The number of hydrogen-bond donors (Lipinski definition) is 0. The molecule has 0 fully saturated rings. The highest BCUT2D eigenvalue weighted by Gasteiger charge is 2.18. The summed E-state index contributed by atoms with van der Waals surface area (Å²) in [4.78, 5) is 2.37. The molecule has 0 amide bonds. The van der Waals surface area contributed by atoms with Gasteiger partial charge in [0, 0.05) is 33.4 Å². The first-order chi connectivity index (χ1) is 34.7. The normalized spacial score (nSPS) is 11.4. The van der Waals surface area contributed by atoms with E-state index >= 15 is 0 Å². The van der Waals surface area contributed by atoms with Crippen LogP contribution in [0.1, 0.15) is 0 Å². The zero-order chi connectivity index (χ0) is 46.4. The van der Waals surface area contributed by atoms with Gasteiger partial charge in [-0.15, -0.1) is 0 Å². The fourth-order valence-electron chi connectivity index (χ4n) is 10.7. The summed E-state index contributed by atoms with van der Waals surface area (Å²) in [6.07, 6.45) is 0. The van der Waals surface area contributed by atoms with E-state index in [1.54, 1.807) is 0 Å². The molecule has 0 aliphatic carbocycles. The Bertz CT molecular complexity index is 3970. The third-order valence-corrected chi connectivity index (χ3v) is 14.0. The monoisotopic (exact) mass is 890 g/mol. The molecule has 0 saturated carbocycles. The molecule has 0 spiro atoms. The summed E-state index contributed by atoms with van der Waals surface area (Å²) >= 11 is 0. The lowest BCUT2D eigenvalue weighted by Crippen LogP contribution is -2.09. The van der Waals surface area contributed by atoms with Crippen LogP contribution in [0.2, 0.25) is 0 Å². The molecule has 1 heterocycles. The Labute approximate surface area is 408 Å². The van der Waals surface area contributed by atoms with Crippen LogP contribution in [-0.4, -0.2) is 4.57 Å². The molecule has 0 atom stereocenters. The third-order valence-electron chi connectivity index (χ3n) is 14.0. The topological polar surface area (TPSA) is 8.17 Å². The molecule has 0 N–H and O–H groups in total. The van der Waals surface area contributed by atoms with Gasteiger partial charge in [0.25, 0.3) is 0 Å². The van der Waals surface area contributed by atoms with Gasteiger partial charge >= 0.3 is 0 Å². The zero-order valence-corrected chi connectivity index (χ0v) is 38.5. The van der Waals surface area contributed by atoms with Crippen molar-refractivity contribution in [2.75, 3.05) is 4.90 Å². The van der Waals surface area contributed by atoms with Crippen molar-refractivity contribution >= 4 is 60.4 Å². The first-order valence-electron chi connectivity index (χ1n) is 24.1. The number of anilines is 3. The van der Waals surface area contributed by atoms with Gasteiger partial charge in [-0.25, -0.2) is 0 Å². The van der Waals surface area contributed by atoms with Crippen LogP contribution in [0.3, 0.4) is 0 Å². The van der Waals surface area contributed by atoms with Gasteiger partial charge < -0.3 is 9.47 Å². The summed E-state index contributed by atoms with van der Waals surface area (Å²) in [5.41, 5.74) is 18.8. The number of hydrogen-bond acceptors (Lipinski definition) is 1. The molecule has 0 aliphatic heterocycles. The molecule has 0 saturated heterocycles. The summed E-state index contributed by atoms with van der Waals surface area (Å²) < 4.78 is 2.41.